The zero-order valence-corrected chi connectivity index (χ0v) is 12.7. The van der Waals surface area contributed by atoms with Crippen LogP contribution >= 0.6 is 0 Å². The fourth-order valence-corrected chi connectivity index (χ4v) is 2.51. The summed E-state index contributed by atoms with van der Waals surface area (Å²) in [6, 6.07) is 22.8. The Kier molecular flexibility index (Phi) is 4.26. The van der Waals surface area contributed by atoms with Gasteiger partial charge in [0.2, 0.25) is 0 Å². The van der Waals surface area contributed by atoms with Crippen molar-refractivity contribution >= 4 is 11.6 Å². The van der Waals surface area contributed by atoms with E-state index in [1.807, 2.05) is 24.3 Å². The number of nitriles is 1. The molecule has 0 spiro atoms. The summed E-state index contributed by atoms with van der Waals surface area (Å²) in [7, 11) is 0. The average molecular weight is 314 g/mol. The number of anilines is 1. The summed E-state index contributed by atoms with van der Waals surface area (Å²) < 4.78 is 0. The third-order valence-corrected chi connectivity index (χ3v) is 3.61. The second kappa shape index (κ2) is 6.67. The van der Waals surface area contributed by atoms with Crippen molar-refractivity contribution in [3.63, 3.8) is 0 Å². The molecule has 4 nitrogen and oxygen atoms in total. The van der Waals surface area contributed by atoms with Crippen LogP contribution in [0.3, 0.4) is 0 Å². The van der Waals surface area contributed by atoms with Gasteiger partial charge in [0.1, 0.15) is 5.75 Å². The lowest BCUT2D eigenvalue weighted by Crippen LogP contribution is -2.13. The number of carbonyl (C=O) groups is 1. The van der Waals surface area contributed by atoms with Gasteiger partial charge in [0.05, 0.1) is 11.6 Å². The molecular weight excluding hydrogens is 300 g/mol. The Balaban J connectivity index is 2.01. The molecule has 0 aliphatic heterocycles. The zero-order chi connectivity index (χ0) is 16.9. The SMILES string of the molecule is N#Cc1ccccc1-c1ccccc1C(=O)Nc1cccc(O)c1. The van der Waals surface area contributed by atoms with Gasteiger partial charge in [0.15, 0.2) is 0 Å². The van der Waals surface area contributed by atoms with Gasteiger partial charge in [-0.3, -0.25) is 4.79 Å². The number of amides is 1. The van der Waals surface area contributed by atoms with E-state index in [-0.39, 0.29) is 11.7 Å². The molecule has 2 N–H and O–H groups in total. The minimum Gasteiger partial charge on any atom is -0.508 e. The second-order valence-corrected chi connectivity index (χ2v) is 5.21. The molecule has 0 radical (unpaired) electrons. The second-order valence-electron chi connectivity index (χ2n) is 5.21. The smallest absolute Gasteiger partial charge is 0.256 e. The molecule has 1 amide bonds. The molecule has 3 rings (SSSR count). The minimum absolute atomic E-state index is 0.0795. The van der Waals surface area contributed by atoms with Crippen molar-refractivity contribution in [3.8, 4) is 22.9 Å². The lowest BCUT2D eigenvalue weighted by molar-refractivity contribution is 0.102. The molecule has 0 aliphatic carbocycles. The third-order valence-electron chi connectivity index (χ3n) is 3.61. The van der Waals surface area contributed by atoms with Crippen molar-refractivity contribution in [1.29, 1.82) is 5.26 Å². The van der Waals surface area contributed by atoms with Gasteiger partial charge >= 0.3 is 0 Å². The van der Waals surface area contributed by atoms with Gasteiger partial charge in [-0.2, -0.15) is 5.26 Å². The Bertz CT molecular complexity index is 942. The topological polar surface area (TPSA) is 73.1 Å². The Hall–Kier alpha value is -3.58. The monoisotopic (exact) mass is 314 g/mol. The maximum atomic E-state index is 12.6. The number of nitrogens with zero attached hydrogens (tertiary/aromatic N) is 1. The van der Waals surface area contributed by atoms with Gasteiger partial charge in [0, 0.05) is 22.9 Å². The summed E-state index contributed by atoms with van der Waals surface area (Å²) >= 11 is 0. The number of hydrogen-bond donors (Lipinski definition) is 2. The normalized spacial score (nSPS) is 9.96. The molecule has 116 valence electrons. The molecule has 0 saturated carbocycles. The highest BCUT2D eigenvalue weighted by atomic mass is 16.3. The summed E-state index contributed by atoms with van der Waals surface area (Å²) in [5, 5.41) is 21.6. The van der Waals surface area contributed by atoms with E-state index in [1.54, 1.807) is 36.4 Å². The average Bonchev–Trinajstić information content (AvgIpc) is 2.61. The van der Waals surface area contributed by atoms with Crippen molar-refractivity contribution in [2.24, 2.45) is 0 Å². The number of benzene rings is 3. The van der Waals surface area contributed by atoms with Crippen LogP contribution in [0.2, 0.25) is 0 Å². The van der Waals surface area contributed by atoms with Crippen molar-refractivity contribution in [2.75, 3.05) is 5.32 Å². The molecule has 3 aromatic rings. The van der Waals surface area contributed by atoms with E-state index in [2.05, 4.69) is 11.4 Å². The van der Waals surface area contributed by atoms with Crippen LogP contribution in [0.5, 0.6) is 5.75 Å². The molecule has 0 unspecified atom stereocenters. The largest absolute Gasteiger partial charge is 0.508 e. The van der Waals surface area contributed by atoms with Crippen LogP contribution in [0, 0.1) is 11.3 Å². The maximum Gasteiger partial charge on any atom is 0.256 e. The first kappa shape index (κ1) is 15.3. The molecule has 0 aromatic heterocycles. The molecule has 0 atom stereocenters. The van der Waals surface area contributed by atoms with Crippen LogP contribution in [-0.2, 0) is 0 Å². The highest BCUT2D eigenvalue weighted by Gasteiger charge is 2.15. The lowest BCUT2D eigenvalue weighted by atomic mass is 9.95. The first-order chi connectivity index (χ1) is 11.7. The molecule has 0 aliphatic rings. The third kappa shape index (κ3) is 3.11. The Morgan fingerprint density at radius 1 is 0.917 bits per heavy atom. The molecule has 0 fully saturated rings. The molecule has 3 aromatic carbocycles. The van der Waals surface area contributed by atoms with Gasteiger partial charge in [-0.15, -0.1) is 0 Å². The van der Waals surface area contributed by atoms with Gasteiger partial charge in [-0.1, -0.05) is 42.5 Å². The van der Waals surface area contributed by atoms with Crippen LogP contribution in [0.1, 0.15) is 15.9 Å². The van der Waals surface area contributed by atoms with Crippen LogP contribution < -0.4 is 5.32 Å². The number of rotatable bonds is 3. The minimum atomic E-state index is -0.302. The quantitative estimate of drug-likeness (QED) is 0.761. The van der Waals surface area contributed by atoms with Crippen molar-refractivity contribution in [2.45, 2.75) is 0 Å². The van der Waals surface area contributed by atoms with Crippen LogP contribution in [0.4, 0.5) is 5.69 Å². The van der Waals surface area contributed by atoms with E-state index in [0.29, 0.717) is 27.9 Å². The molecular formula is C20H14N2O2. The number of phenolic OH excluding ortho intramolecular Hbond substituents is 1. The zero-order valence-electron chi connectivity index (χ0n) is 12.7. The Morgan fingerprint density at radius 2 is 1.62 bits per heavy atom. The Morgan fingerprint density at radius 3 is 2.38 bits per heavy atom. The van der Waals surface area contributed by atoms with Crippen LogP contribution in [0.15, 0.2) is 72.8 Å². The van der Waals surface area contributed by atoms with Crippen LogP contribution in [0.25, 0.3) is 11.1 Å². The number of hydrogen-bond acceptors (Lipinski definition) is 3. The fraction of sp³-hybridized carbons (Fsp3) is 0. The molecule has 0 bridgehead atoms. The number of carbonyl (C=O) groups excluding carboxylic acids is 1. The fourth-order valence-electron chi connectivity index (χ4n) is 2.51. The summed E-state index contributed by atoms with van der Waals surface area (Å²) in [4.78, 5) is 12.6. The summed E-state index contributed by atoms with van der Waals surface area (Å²) in [5.74, 6) is -0.222. The summed E-state index contributed by atoms with van der Waals surface area (Å²) in [5.41, 5.74) is 2.87. The molecule has 4 heteroatoms. The molecule has 0 saturated heterocycles. The van der Waals surface area contributed by atoms with Crippen LogP contribution in [-0.4, -0.2) is 11.0 Å². The molecule has 24 heavy (non-hydrogen) atoms. The van der Waals surface area contributed by atoms with Gasteiger partial charge in [-0.05, 0) is 29.8 Å². The van der Waals surface area contributed by atoms with Crippen molar-refractivity contribution in [1.82, 2.24) is 0 Å². The highest BCUT2D eigenvalue weighted by molar-refractivity contribution is 6.09. The standard InChI is InChI=1S/C20H14N2O2/c21-13-14-6-1-2-9-17(14)18-10-3-4-11-19(18)20(24)22-15-7-5-8-16(23)12-15/h1-12,23H,(H,22,24). The number of aromatic hydroxyl groups is 1. The van der Waals surface area contributed by atoms with Gasteiger partial charge < -0.3 is 10.4 Å². The first-order valence-electron chi connectivity index (χ1n) is 7.38. The Labute approximate surface area is 139 Å². The number of phenols is 1. The maximum absolute atomic E-state index is 12.6. The summed E-state index contributed by atoms with van der Waals surface area (Å²) in [6.45, 7) is 0. The highest BCUT2D eigenvalue weighted by Crippen LogP contribution is 2.27. The van der Waals surface area contributed by atoms with E-state index in [4.69, 9.17) is 0 Å². The summed E-state index contributed by atoms with van der Waals surface area (Å²) in [6.07, 6.45) is 0. The first-order valence-corrected chi connectivity index (χ1v) is 7.38. The predicted octanol–water partition coefficient (Wildman–Crippen LogP) is 4.18. The predicted molar refractivity (Wildman–Crippen MR) is 92.7 cm³/mol. The van der Waals surface area contributed by atoms with E-state index in [0.717, 1.165) is 0 Å². The van der Waals surface area contributed by atoms with E-state index in [9.17, 15) is 15.2 Å². The lowest BCUT2D eigenvalue weighted by Gasteiger charge is -2.11. The van der Waals surface area contributed by atoms with E-state index in [1.165, 1.54) is 12.1 Å². The number of nitrogens with one attached hydrogen (secondary N) is 1. The van der Waals surface area contributed by atoms with E-state index >= 15 is 0 Å². The molecule has 0 heterocycles. The van der Waals surface area contributed by atoms with Gasteiger partial charge in [-0.25, -0.2) is 0 Å². The van der Waals surface area contributed by atoms with Crippen molar-refractivity contribution in [3.05, 3.63) is 83.9 Å². The van der Waals surface area contributed by atoms with E-state index < -0.39 is 0 Å². The van der Waals surface area contributed by atoms with Crippen molar-refractivity contribution < 1.29 is 9.90 Å². The van der Waals surface area contributed by atoms with Gasteiger partial charge in [0.25, 0.3) is 5.91 Å².